The molecule has 29 heavy (non-hydrogen) atoms. The lowest BCUT2D eigenvalue weighted by Gasteiger charge is -2.28. The van der Waals surface area contributed by atoms with Crippen LogP contribution in [0.2, 0.25) is 0 Å². The molecule has 1 rings (SSSR count). The van der Waals surface area contributed by atoms with Gasteiger partial charge in [0.05, 0.1) is 27.6 Å². The van der Waals surface area contributed by atoms with Gasteiger partial charge in [-0.1, -0.05) is 19.8 Å². The molecule has 0 aromatic carbocycles. The average Bonchev–Trinajstić information content (AvgIpc) is 2.84. The predicted molar refractivity (Wildman–Crippen MR) is 114 cm³/mol. The summed E-state index contributed by atoms with van der Waals surface area (Å²) >= 11 is 0. The van der Waals surface area contributed by atoms with Crippen molar-refractivity contribution in [2.75, 3.05) is 27.7 Å². The van der Waals surface area contributed by atoms with Gasteiger partial charge in [-0.2, -0.15) is 0 Å². The minimum Gasteiger partial charge on any atom is -0.481 e. The molecule has 0 aliphatic rings. The first-order valence-corrected chi connectivity index (χ1v) is 10.8. The lowest BCUT2D eigenvalue weighted by atomic mass is 10.1. The number of esters is 1. The first kappa shape index (κ1) is 25.2. The normalized spacial score (nSPS) is 12.8. The van der Waals surface area contributed by atoms with Gasteiger partial charge in [0.2, 0.25) is 0 Å². The third-order valence-electron chi connectivity index (χ3n) is 5.11. The van der Waals surface area contributed by atoms with E-state index in [0.717, 1.165) is 56.5 Å². The molecule has 6 nitrogen and oxygen atoms in total. The van der Waals surface area contributed by atoms with Crippen molar-refractivity contribution in [2.24, 2.45) is 0 Å². The first-order chi connectivity index (χ1) is 13.5. The number of aryl methyl sites for hydroxylation is 2. The number of furan rings is 1. The SMILES string of the molecule is CCCc1oc(CCCCCCC(=O)OC(CC(=O)O)C[N+](C)(C)C)c(C)c1C. The van der Waals surface area contributed by atoms with Gasteiger partial charge in [-0.25, -0.2) is 0 Å². The van der Waals surface area contributed by atoms with E-state index in [9.17, 15) is 9.59 Å². The molecule has 0 fully saturated rings. The van der Waals surface area contributed by atoms with Crippen molar-refractivity contribution in [3.05, 3.63) is 22.6 Å². The predicted octanol–water partition coefficient (Wildman–Crippen LogP) is 4.43. The largest absolute Gasteiger partial charge is 0.481 e. The highest BCUT2D eigenvalue weighted by molar-refractivity contribution is 5.71. The van der Waals surface area contributed by atoms with Gasteiger partial charge in [-0.15, -0.1) is 0 Å². The summed E-state index contributed by atoms with van der Waals surface area (Å²) in [6.45, 7) is 6.91. The van der Waals surface area contributed by atoms with Gasteiger partial charge in [0.15, 0.2) is 6.10 Å². The van der Waals surface area contributed by atoms with Crippen molar-refractivity contribution < 1.29 is 28.3 Å². The molecule has 166 valence electrons. The Labute approximate surface area is 175 Å². The van der Waals surface area contributed by atoms with E-state index in [1.54, 1.807) is 0 Å². The summed E-state index contributed by atoms with van der Waals surface area (Å²) in [7, 11) is 5.86. The summed E-state index contributed by atoms with van der Waals surface area (Å²) in [5, 5.41) is 9.02. The van der Waals surface area contributed by atoms with Crippen LogP contribution in [0.5, 0.6) is 0 Å². The Balaban J connectivity index is 2.30. The smallest absolute Gasteiger partial charge is 0.307 e. The van der Waals surface area contributed by atoms with Crippen LogP contribution in [-0.4, -0.2) is 55.3 Å². The highest BCUT2D eigenvalue weighted by Gasteiger charge is 2.24. The van der Waals surface area contributed by atoms with E-state index in [1.807, 2.05) is 21.1 Å². The Hall–Kier alpha value is -1.82. The number of hydrogen-bond donors (Lipinski definition) is 1. The van der Waals surface area contributed by atoms with Crippen molar-refractivity contribution in [3.63, 3.8) is 0 Å². The number of nitrogens with zero attached hydrogens (tertiary/aromatic N) is 1. The van der Waals surface area contributed by atoms with E-state index in [4.69, 9.17) is 14.3 Å². The molecule has 0 saturated carbocycles. The molecule has 1 atom stereocenters. The van der Waals surface area contributed by atoms with Crippen LogP contribution in [0.15, 0.2) is 4.42 Å². The number of aliphatic carboxylic acids is 1. The maximum atomic E-state index is 12.1. The number of ether oxygens (including phenoxy) is 1. The molecule has 0 amide bonds. The third-order valence-corrected chi connectivity index (χ3v) is 5.11. The van der Waals surface area contributed by atoms with Gasteiger partial charge in [0.1, 0.15) is 18.1 Å². The fourth-order valence-electron chi connectivity index (χ4n) is 3.53. The van der Waals surface area contributed by atoms with Crippen LogP contribution >= 0.6 is 0 Å². The Morgan fingerprint density at radius 3 is 2.14 bits per heavy atom. The van der Waals surface area contributed by atoms with E-state index in [-0.39, 0.29) is 12.4 Å². The number of rotatable bonds is 14. The summed E-state index contributed by atoms with van der Waals surface area (Å²) in [5.74, 6) is 0.975. The van der Waals surface area contributed by atoms with Crippen LogP contribution in [0.1, 0.15) is 74.5 Å². The van der Waals surface area contributed by atoms with Crippen LogP contribution in [0.25, 0.3) is 0 Å². The zero-order valence-corrected chi connectivity index (χ0v) is 19.2. The van der Waals surface area contributed by atoms with Gasteiger partial charge < -0.3 is 18.7 Å². The second kappa shape index (κ2) is 12.0. The highest BCUT2D eigenvalue weighted by atomic mass is 16.5. The van der Waals surface area contributed by atoms with E-state index < -0.39 is 12.1 Å². The number of quaternary nitrogens is 1. The van der Waals surface area contributed by atoms with Crippen LogP contribution in [0.3, 0.4) is 0 Å². The summed E-state index contributed by atoms with van der Waals surface area (Å²) in [6.07, 6.45) is 6.42. The minimum atomic E-state index is -0.943. The number of carboxylic acid groups (broad SMARTS) is 1. The van der Waals surface area contributed by atoms with Crippen molar-refractivity contribution in [1.29, 1.82) is 0 Å². The lowest BCUT2D eigenvalue weighted by molar-refractivity contribution is -0.873. The molecule has 0 saturated heterocycles. The fraction of sp³-hybridized carbons (Fsp3) is 0.739. The molecule has 1 aromatic heterocycles. The Morgan fingerprint density at radius 2 is 1.59 bits per heavy atom. The summed E-state index contributed by atoms with van der Waals surface area (Å²) in [5.41, 5.74) is 2.56. The lowest BCUT2D eigenvalue weighted by Crippen LogP contribution is -2.43. The molecule has 0 bridgehead atoms. The number of unbranched alkanes of at least 4 members (excludes halogenated alkanes) is 3. The molecule has 0 aliphatic carbocycles. The molecular formula is C23H40NO5+. The van der Waals surface area contributed by atoms with Crippen molar-refractivity contribution in [1.82, 2.24) is 0 Å². The van der Waals surface area contributed by atoms with Crippen molar-refractivity contribution in [2.45, 2.75) is 84.7 Å². The number of carbonyl (C=O) groups is 2. The van der Waals surface area contributed by atoms with Gasteiger partial charge in [-0.3, -0.25) is 9.59 Å². The first-order valence-electron chi connectivity index (χ1n) is 10.8. The van der Waals surface area contributed by atoms with Crippen LogP contribution in [0, 0.1) is 13.8 Å². The zero-order chi connectivity index (χ0) is 22.0. The molecule has 1 unspecified atom stereocenters. The third kappa shape index (κ3) is 9.97. The Morgan fingerprint density at radius 1 is 1.00 bits per heavy atom. The van der Waals surface area contributed by atoms with Crippen LogP contribution < -0.4 is 0 Å². The molecule has 0 aliphatic heterocycles. The van der Waals surface area contributed by atoms with Gasteiger partial charge in [0.25, 0.3) is 0 Å². The minimum absolute atomic E-state index is 0.150. The molecular weight excluding hydrogens is 370 g/mol. The quantitative estimate of drug-likeness (QED) is 0.279. The second-order valence-electron chi connectivity index (χ2n) is 9.05. The van der Waals surface area contributed by atoms with E-state index in [0.29, 0.717) is 17.4 Å². The second-order valence-corrected chi connectivity index (χ2v) is 9.05. The van der Waals surface area contributed by atoms with E-state index in [1.165, 1.54) is 11.1 Å². The Bertz CT molecular complexity index is 657. The number of carboxylic acids is 1. The molecule has 1 aromatic rings. The average molecular weight is 411 g/mol. The number of hydrogen-bond acceptors (Lipinski definition) is 4. The molecule has 0 spiro atoms. The van der Waals surface area contributed by atoms with Crippen molar-refractivity contribution in [3.8, 4) is 0 Å². The van der Waals surface area contributed by atoms with Gasteiger partial charge >= 0.3 is 11.9 Å². The summed E-state index contributed by atoms with van der Waals surface area (Å²) < 4.78 is 12.0. The number of likely N-dealkylation sites (N-methyl/N-ethyl adjacent to an activating group) is 1. The van der Waals surface area contributed by atoms with Crippen LogP contribution in [0.4, 0.5) is 0 Å². The topological polar surface area (TPSA) is 76.7 Å². The maximum absolute atomic E-state index is 12.1. The van der Waals surface area contributed by atoms with Crippen LogP contribution in [-0.2, 0) is 27.2 Å². The number of carbonyl (C=O) groups excluding carboxylic acids is 1. The van der Waals surface area contributed by atoms with Gasteiger partial charge in [-0.05, 0) is 44.2 Å². The van der Waals surface area contributed by atoms with Crippen molar-refractivity contribution >= 4 is 11.9 Å². The zero-order valence-electron chi connectivity index (χ0n) is 19.2. The molecule has 6 heteroatoms. The highest BCUT2D eigenvalue weighted by Crippen LogP contribution is 2.24. The van der Waals surface area contributed by atoms with E-state index >= 15 is 0 Å². The maximum Gasteiger partial charge on any atom is 0.307 e. The molecule has 1 heterocycles. The summed E-state index contributed by atoms with van der Waals surface area (Å²) in [6, 6.07) is 0. The standard InChI is InChI=1S/C23H39NO5/c1-7-12-20-17(2)18(3)21(29-20)13-10-8-9-11-14-23(27)28-19(15-22(25)26)16-24(4,5)6/h19H,7-16H2,1-6H3/p+1. The van der Waals surface area contributed by atoms with E-state index in [2.05, 4.69) is 20.8 Å². The molecule has 1 N–H and O–H groups in total. The molecule has 0 radical (unpaired) electrons. The summed E-state index contributed by atoms with van der Waals surface area (Å²) in [4.78, 5) is 23.1. The monoisotopic (exact) mass is 410 g/mol. The van der Waals surface area contributed by atoms with Gasteiger partial charge in [0, 0.05) is 19.3 Å². The fourth-order valence-corrected chi connectivity index (χ4v) is 3.53. The Kier molecular flexibility index (Phi) is 10.4.